The number of piperazine rings is 1. The van der Waals surface area contributed by atoms with Crippen LogP contribution in [0.5, 0.6) is 0 Å². The van der Waals surface area contributed by atoms with E-state index in [0.29, 0.717) is 23.6 Å². The summed E-state index contributed by atoms with van der Waals surface area (Å²) < 4.78 is 0. The zero-order valence-electron chi connectivity index (χ0n) is 14.2. The van der Waals surface area contributed by atoms with Gasteiger partial charge >= 0.3 is 0 Å². The van der Waals surface area contributed by atoms with E-state index in [1.54, 1.807) is 12.1 Å². The van der Waals surface area contributed by atoms with Gasteiger partial charge in [-0.2, -0.15) is 0 Å². The van der Waals surface area contributed by atoms with Crippen molar-refractivity contribution in [3.8, 4) is 0 Å². The SMILES string of the molecule is CC(=O)c1ccc(CC(=O)N2CCNCC2c2cccc(Cl)c2)cc1. The molecule has 4 nitrogen and oxygen atoms in total. The third-order valence-electron chi connectivity index (χ3n) is 4.51. The minimum absolute atomic E-state index is 0.0172. The van der Waals surface area contributed by atoms with E-state index in [1.165, 1.54) is 6.92 Å². The fourth-order valence-corrected chi connectivity index (χ4v) is 3.35. The maximum Gasteiger partial charge on any atom is 0.227 e. The van der Waals surface area contributed by atoms with Crippen molar-refractivity contribution in [1.82, 2.24) is 10.2 Å². The van der Waals surface area contributed by atoms with Gasteiger partial charge in [-0.15, -0.1) is 0 Å². The Bertz CT molecular complexity index is 774. The van der Waals surface area contributed by atoms with Gasteiger partial charge in [0.25, 0.3) is 0 Å². The van der Waals surface area contributed by atoms with Crippen LogP contribution in [0, 0.1) is 0 Å². The minimum atomic E-state index is -0.0172. The number of carbonyl (C=O) groups excluding carboxylic acids is 2. The summed E-state index contributed by atoms with van der Waals surface area (Å²) in [4.78, 5) is 26.1. The normalized spacial score (nSPS) is 17.4. The number of Topliss-reactive ketones (excluding diaryl/α,β-unsaturated/α-hetero) is 1. The Morgan fingerprint density at radius 3 is 2.64 bits per heavy atom. The fraction of sp³-hybridized carbons (Fsp3) is 0.300. The summed E-state index contributed by atoms with van der Waals surface area (Å²) in [5.41, 5.74) is 2.62. The van der Waals surface area contributed by atoms with E-state index in [2.05, 4.69) is 5.32 Å². The first-order valence-corrected chi connectivity index (χ1v) is 8.78. The predicted molar refractivity (Wildman–Crippen MR) is 98.9 cm³/mol. The van der Waals surface area contributed by atoms with E-state index < -0.39 is 0 Å². The third kappa shape index (κ3) is 4.27. The molecule has 1 atom stereocenters. The second kappa shape index (κ2) is 7.81. The smallest absolute Gasteiger partial charge is 0.227 e. The molecular weight excluding hydrogens is 336 g/mol. The molecule has 2 aromatic carbocycles. The second-order valence-corrected chi connectivity index (χ2v) is 6.73. The van der Waals surface area contributed by atoms with Gasteiger partial charge in [0, 0.05) is 30.2 Å². The molecule has 3 rings (SSSR count). The fourth-order valence-electron chi connectivity index (χ4n) is 3.15. The Balaban J connectivity index is 1.75. The monoisotopic (exact) mass is 356 g/mol. The number of nitrogens with one attached hydrogen (secondary N) is 1. The van der Waals surface area contributed by atoms with E-state index >= 15 is 0 Å². The average Bonchev–Trinajstić information content (AvgIpc) is 2.62. The maximum absolute atomic E-state index is 12.9. The number of amides is 1. The number of nitrogens with zero attached hydrogens (tertiary/aromatic N) is 1. The molecule has 1 heterocycles. The molecule has 0 aliphatic carbocycles. The number of carbonyl (C=O) groups is 2. The van der Waals surface area contributed by atoms with Gasteiger partial charge in [-0.25, -0.2) is 0 Å². The number of hydrogen-bond acceptors (Lipinski definition) is 3. The largest absolute Gasteiger partial charge is 0.333 e. The van der Waals surface area contributed by atoms with Crippen LogP contribution < -0.4 is 5.32 Å². The van der Waals surface area contributed by atoms with Crippen molar-refractivity contribution >= 4 is 23.3 Å². The molecule has 0 spiro atoms. The van der Waals surface area contributed by atoms with Crippen LogP contribution in [-0.2, 0) is 11.2 Å². The van der Waals surface area contributed by atoms with Crippen LogP contribution in [0.2, 0.25) is 5.02 Å². The van der Waals surface area contributed by atoms with Crippen LogP contribution in [0.3, 0.4) is 0 Å². The van der Waals surface area contributed by atoms with E-state index in [9.17, 15) is 9.59 Å². The van der Waals surface area contributed by atoms with Crippen LogP contribution in [0.1, 0.15) is 34.5 Å². The molecule has 1 fully saturated rings. The first-order valence-electron chi connectivity index (χ1n) is 8.40. The molecule has 1 aliphatic rings. The lowest BCUT2D eigenvalue weighted by molar-refractivity contribution is -0.133. The van der Waals surface area contributed by atoms with Gasteiger partial charge in [-0.05, 0) is 30.2 Å². The van der Waals surface area contributed by atoms with Crippen molar-refractivity contribution in [2.45, 2.75) is 19.4 Å². The molecule has 25 heavy (non-hydrogen) atoms. The van der Waals surface area contributed by atoms with Crippen molar-refractivity contribution < 1.29 is 9.59 Å². The number of rotatable bonds is 4. The van der Waals surface area contributed by atoms with E-state index in [-0.39, 0.29) is 17.7 Å². The van der Waals surface area contributed by atoms with Crippen LogP contribution in [0.4, 0.5) is 0 Å². The predicted octanol–water partition coefficient (Wildman–Crippen LogP) is 3.26. The molecule has 1 saturated heterocycles. The average molecular weight is 357 g/mol. The molecule has 1 amide bonds. The second-order valence-electron chi connectivity index (χ2n) is 6.29. The number of benzene rings is 2. The Labute approximate surface area is 152 Å². The Morgan fingerprint density at radius 2 is 1.96 bits per heavy atom. The minimum Gasteiger partial charge on any atom is -0.333 e. The van der Waals surface area contributed by atoms with Gasteiger partial charge in [-0.1, -0.05) is 48.0 Å². The number of halogens is 1. The van der Waals surface area contributed by atoms with E-state index in [0.717, 1.165) is 24.2 Å². The van der Waals surface area contributed by atoms with Gasteiger partial charge in [0.2, 0.25) is 5.91 Å². The Morgan fingerprint density at radius 1 is 1.20 bits per heavy atom. The van der Waals surface area contributed by atoms with E-state index in [4.69, 9.17) is 11.6 Å². The topological polar surface area (TPSA) is 49.4 Å². The lowest BCUT2D eigenvalue weighted by Gasteiger charge is -2.36. The standard InChI is InChI=1S/C20H21ClN2O2/c1-14(24)16-7-5-15(6-8-16)11-20(25)23-10-9-22-13-19(23)17-3-2-4-18(21)12-17/h2-8,12,19,22H,9-11,13H2,1H3. The van der Waals surface area contributed by atoms with Crippen molar-refractivity contribution in [2.75, 3.05) is 19.6 Å². The highest BCUT2D eigenvalue weighted by molar-refractivity contribution is 6.30. The molecule has 0 radical (unpaired) electrons. The molecule has 5 heteroatoms. The van der Waals surface area contributed by atoms with Gasteiger partial charge < -0.3 is 10.2 Å². The first-order chi connectivity index (χ1) is 12.0. The molecule has 1 aliphatic heterocycles. The zero-order chi connectivity index (χ0) is 17.8. The molecule has 1 N–H and O–H groups in total. The highest BCUT2D eigenvalue weighted by atomic mass is 35.5. The highest BCUT2D eigenvalue weighted by Gasteiger charge is 2.27. The summed E-state index contributed by atoms with van der Waals surface area (Å²) in [5.74, 6) is 0.114. The molecule has 2 aromatic rings. The first kappa shape index (κ1) is 17.6. The summed E-state index contributed by atoms with van der Waals surface area (Å²) in [5, 5.41) is 4.02. The van der Waals surface area contributed by atoms with Gasteiger partial charge in [0.05, 0.1) is 12.5 Å². The maximum atomic E-state index is 12.9. The molecule has 0 bridgehead atoms. The molecule has 0 saturated carbocycles. The summed E-state index contributed by atoms with van der Waals surface area (Å²) in [6, 6.07) is 14.9. The summed E-state index contributed by atoms with van der Waals surface area (Å²) in [6.45, 7) is 3.71. The summed E-state index contributed by atoms with van der Waals surface area (Å²) in [7, 11) is 0. The Hall–Kier alpha value is -2.17. The highest BCUT2D eigenvalue weighted by Crippen LogP contribution is 2.25. The van der Waals surface area contributed by atoms with Crippen molar-refractivity contribution in [3.63, 3.8) is 0 Å². The van der Waals surface area contributed by atoms with Crippen molar-refractivity contribution in [1.29, 1.82) is 0 Å². The molecule has 1 unspecified atom stereocenters. The van der Waals surface area contributed by atoms with Crippen LogP contribution in [0.25, 0.3) is 0 Å². The zero-order valence-corrected chi connectivity index (χ0v) is 14.9. The molecule has 0 aromatic heterocycles. The van der Waals surface area contributed by atoms with Crippen molar-refractivity contribution in [2.24, 2.45) is 0 Å². The van der Waals surface area contributed by atoms with Crippen molar-refractivity contribution in [3.05, 3.63) is 70.2 Å². The Kier molecular flexibility index (Phi) is 5.51. The number of hydrogen-bond donors (Lipinski definition) is 1. The number of ketones is 1. The molecule has 130 valence electrons. The van der Waals surface area contributed by atoms with Crippen LogP contribution in [0.15, 0.2) is 48.5 Å². The lowest BCUT2D eigenvalue weighted by Crippen LogP contribution is -2.49. The quantitative estimate of drug-likeness (QED) is 0.855. The summed E-state index contributed by atoms with van der Waals surface area (Å²) in [6.07, 6.45) is 0.329. The van der Waals surface area contributed by atoms with Crippen LogP contribution in [-0.4, -0.2) is 36.2 Å². The van der Waals surface area contributed by atoms with Gasteiger partial charge in [-0.3, -0.25) is 9.59 Å². The third-order valence-corrected chi connectivity index (χ3v) is 4.75. The summed E-state index contributed by atoms with van der Waals surface area (Å²) >= 11 is 6.11. The molecular formula is C20H21ClN2O2. The van der Waals surface area contributed by atoms with Crippen LogP contribution >= 0.6 is 11.6 Å². The lowest BCUT2D eigenvalue weighted by atomic mass is 10.0. The van der Waals surface area contributed by atoms with E-state index in [1.807, 2.05) is 41.3 Å². The van der Waals surface area contributed by atoms with Gasteiger partial charge in [0.1, 0.15) is 0 Å². The van der Waals surface area contributed by atoms with Gasteiger partial charge in [0.15, 0.2) is 5.78 Å².